The third-order valence-electron chi connectivity index (χ3n) is 3.96. The van der Waals surface area contributed by atoms with Gasteiger partial charge in [-0.05, 0) is 38.4 Å². The second-order valence-corrected chi connectivity index (χ2v) is 5.75. The lowest BCUT2D eigenvalue weighted by Gasteiger charge is -2.35. The van der Waals surface area contributed by atoms with E-state index in [1.54, 1.807) is 6.07 Å². The SMILES string of the molecule is COc1cc(Cl)cc(CN2CCCCC2CCN)c1O. The van der Waals surface area contributed by atoms with Crippen molar-refractivity contribution in [2.75, 3.05) is 20.2 Å². The van der Waals surface area contributed by atoms with Gasteiger partial charge in [0.2, 0.25) is 0 Å². The molecule has 4 nitrogen and oxygen atoms in total. The van der Waals surface area contributed by atoms with E-state index in [-0.39, 0.29) is 5.75 Å². The van der Waals surface area contributed by atoms with Gasteiger partial charge in [-0.1, -0.05) is 18.0 Å². The van der Waals surface area contributed by atoms with Gasteiger partial charge in [-0.15, -0.1) is 0 Å². The summed E-state index contributed by atoms with van der Waals surface area (Å²) in [7, 11) is 1.54. The summed E-state index contributed by atoms with van der Waals surface area (Å²) in [6, 6.07) is 3.94. The minimum absolute atomic E-state index is 0.189. The Balaban J connectivity index is 2.17. The van der Waals surface area contributed by atoms with Crippen LogP contribution in [0.15, 0.2) is 12.1 Å². The highest BCUT2D eigenvalue weighted by atomic mass is 35.5. The number of likely N-dealkylation sites (tertiary alicyclic amines) is 1. The van der Waals surface area contributed by atoms with Crippen LogP contribution in [0.25, 0.3) is 0 Å². The number of piperidine rings is 1. The lowest BCUT2D eigenvalue weighted by atomic mass is 9.98. The highest BCUT2D eigenvalue weighted by Crippen LogP contribution is 2.35. The lowest BCUT2D eigenvalue weighted by molar-refractivity contribution is 0.132. The van der Waals surface area contributed by atoms with Crippen molar-refractivity contribution in [3.05, 3.63) is 22.7 Å². The average molecular weight is 299 g/mol. The average Bonchev–Trinajstić information content (AvgIpc) is 2.44. The molecule has 0 aromatic heterocycles. The first kappa shape index (κ1) is 15.4. The zero-order valence-corrected chi connectivity index (χ0v) is 12.7. The van der Waals surface area contributed by atoms with E-state index in [0.717, 1.165) is 18.5 Å². The summed E-state index contributed by atoms with van der Waals surface area (Å²) < 4.78 is 5.16. The molecule has 0 spiro atoms. The highest BCUT2D eigenvalue weighted by molar-refractivity contribution is 6.30. The largest absolute Gasteiger partial charge is 0.504 e. The number of phenolic OH excluding ortho intramolecular Hbond substituents is 1. The molecule has 0 amide bonds. The Labute approximate surface area is 125 Å². The van der Waals surface area contributed by atoms with Crippen LogP contribution in [-0.4, -0.2) is 36.2 Å². The second kappa shape index (κ2) is 7.16. The van der Waals surface area contributed by atoms with Gasteiger partial charge < -0.3 is 15.6 Å². The van der Waals surface area contributed by atoms with Gasteiger partial charge in [-0.25, -0.2) is 0 Å². The first-order chi connectivity index (χ1) is 9.65. The first-order valence-electron chi connectivity index (χ1n) is 7.15. The van der Waals surface area contributed by atoms with Crippen LogP contribution in [0, 0.1) is 0 Å². The van der Waals surface area contributed by atoms with Crippen LogP contribution in [0.4, 0.5) is 0 Å². The van der Waals surface area contributed by atoms with Crippen LogP contribution in [0.3, 0.4) is 0 Å². The highest BCUT2D eigenvalue weighted by Gasteiger charge is 2.23. The number of hydrogen-bond donors (Lipinski definition) is 2. The molecule has 1 fully saturated rings. The number of aromatic hydroxyl groups is 1. The van der Waals surface area contributed by atoms with E-state index in [4.69, 9.17) is 22.1 Å². The zero-order chi connectivity index (χ0) is 14.5. The fourth-order valence-electron chi connectivity index (χ4n) is 2.91. The van der Waals surface area contributed by atoms with Gasteiger partial charge in [-0.3, -0.25) is 4.90 Å². The molecule has 0 aliphatic carbocycles. The number of rotatable bonds is 5. The first-order valence-corrected chi connectivity index (χ1v) is 7.53. The minimum atomic E-state index is 0.189. The molecule has 5 heteroatoms. The number of nitrogens with zero attached hydrogens (tertiary/aromatic N) is 1. The minimum Gasteiger partial charge on any atom is -0.504 e. The van der Waals surface area contributed by atoms with Crippen molar-refractivity contribution >= 4 is 11.6 Å². The Bertz CT molecular complexity index is 452. The van der Waals surface area contributed by atoms with Gasteiger partial charge in [0.05, 0.1) is 7.11 Å². The fourth-order valence-corrected chi connectivity index (χ4v) is 3.14. The van der Waals surface area contributed by atoms with Crippen molar-refractivity contribution in [2.45, 2.75) is 38.3 Å². The van der Waals surface area contributed by atoms with Crippen LogP contribution in [-0.2, 0) is 6.54 Å². The quantitative estimate of drug-likeness (QED) is 0.877. The van der Waals surface area contributed by atoms with Gasteiger partial charge in [0.1, 0.15) is 0 Å². The normalized spacial score (nSPS) is 20.1. The van der Waals surface area contributed by atoms with Gasteiger partial charge >= 0.3 is 0 Å². The van der Waals surface area contributed by atoms with E-state index in [9.17, 15) is 5.11 Å². The predicted molar refractivity (Wildman–Crippen MR) is 81.4 cm³/mol. The van der Waals surface area contributed by atoms with Crippen LogP contribution in [0.5, 0.6) is 11.5 Å². The summed E-state index contributed by atoms with van der Waals surface area (Å²) in [5.74, 6) is 0.619. The topological polar surface area (TPSA) is 58.7 Å². The van der Waals surface area contributed by atoms with Crippen LogP contribution >= 0.6 is 11.6 Å². The third-order valence-corrected chi connectivity index (χ3v) is 4.18. The van der Waals surface area contributed by atoms with E-state index < -0.39 is 0 Å². The molecular formula is C15H23ClN2O2. The Morgan fingerprint density at radius 1 is 1.45 bits per heavy atom. The van der Waals surface area contributed by atoms with Crippen molar-refractivity contribution in [1.29, 1.82) is 0 Å². The maximum atomic E-state index is 10.2. The third kappa shape index (κ3) is 3.57. The van der Waals surface area contributed by atoms with E-state index in [0.29, 0.717) is 29.9 Å². The summed E-state index contributed by atoms with van der Waals surface area (Å²) in [6.07, 6.45) is 4.62. The van der Waals surface area contributed by atoms with E-state index in [1.165, 1.54) is 26.4 Å². The molecule has 2 rings (SSSR count). The van der Waals surface area contributed by atoms with Gasteiger partial charge in [0.15, 0.2) is 11.5 Å². The number of methoxy groups -OCH3 is 1. The molecular weight excluding hydrogens is 276 g/mol. The molecule has 0 radical (unpaired) electrons. The number of halogens is 1. The molecule has 1 aromatic rings. The molecule has 3 N–H and O–H groups in total. The van der Waals surface area contributed by atoms with E-state index in [2.05, 4.69) is 4.90 Å². The van der Waals surface area contributed by atoms with Gasteiger partial charge in [0, 0.05) is 29.2 Å². The fraction of sp³-hybridized carbons (Fsp3) is 0.600. The molecule has 1 aromatic carbocycles. The van der Waals surface area contributed by atoms with Gasteiger partial charge in [-0.2, -0.15) is 0 Å². The molecule has 1 aliphatic heterocycles. The molecule has 1 unspecified atom stereocenters. The predicted octanol–water partition coefficient (Wildman–Crippen LogP) is 2.76. The second-order valence-electron chi connectivity index (χ2n) is 5.31. The van der Waals surface area contributed by atoms with Gasteiger partial charge in [0.25, 0.3) is 0 Å². The molecule has 0 bridgehead atoms. The van der Waals surface area contributed by atoms with Crippen molar-refractivity contribution < 1.29 is 9.84 Å². The maximum Gasteiger partial charge on any atom is 0.162 e. The number of phenols is 1. The Morgan fingerprint density at radius 2 is 2.25 bits per heavy atom. The van der Waals surface area contributed by atoms with E-state index in [1.807, 2.05) is 6.07 Å². The smallest absolute Gasteiger partial charge is 0.162 e. The van der Waals surface area contributed by atoms with Crippen molar-refractivity contribution in [3.8, 4) is 11.5 Å². The number of hydrogen-bond acceptors (Lipinski definition) is 4. The number of ether oxygens (including phenoxy) is 1. The molecule has 1 saturated heterocycles. The molecule has 1 heterocycles. The zero-order valence-electron chi connectivity index (χ0n) is 11.9. The number of benzene rings is 1. The molecule has 0 saturated carbocycles. The van der Waals surface area contributed by atoms with Crippen molar-refractivity contribution in [2.24, 2.45) is 5.73 Å². The summed E-state index contributed by atoms with van der Waals surface area (Å²) >= 11 is 6.09. The molecule has 1 aliphatic rings. The Kier molecular flexibility index (Phi) is 5.52. The number of nitrogens with two attached hydrogens (primary N) is 1. The van der Waals surface area contributed by atoms with Crippen LogP contribution < -0.4 is 10.5 Å². The summed E-state index contributed by atoms with van der Waals surface area (Å²) in [5, 5.41) is 10.8. The van der Waals surface area contributed by atoms with Crippen molar-refractivity contribution in [3.63, 3.8) is 0 Å². The van der Waals surface area contributed by atoms with Crippen LogP contribution in [0.2, 0.25) is 5.02 Å². The lowest BCUT2D eigenvalue weighted by Crippen LogP contribution is -2.40. The maximum absolute atomic E-state index is 10.2. The Morgan fingerprint density at radius 3 is 2.95 bits per heavy atom. The summed E-state index contributed by atoms with van der Waals surface area (Å²) in [6.45, 7) is 2.43. The monoisotopic (exact) mass is 298 g/mol. The van der Waals surface area contributed by atoms with Crippen molar-refractivity contribution in [1.82, 2.24) is 4.90 Å². The molecule has 112 valence electrons. The van der Waals surface area contributed by atoms with E-state index >= 15 is 0 Å². The standard InChI is InChI=1S/C15H23ClN2O2/c1-20-14-9-12(16)8-11(15(14)19)10-18-7-3-2-4-13(18)5-6-17/h8-9,13,19H,2-7,10,17H2,1H3. The summed E-state index contributed by atoms with van der Waals surface area (Å²) in [4.78, 5) is 2.39. The Hall–Kier alpha value is -0.970. The molecule has 1 atom stereocenters. The summed E-state index contributed by atoms with van der Waals surface area (Å²) in [5.41, 5.74) is 6.52. The van der Waals surface area contributed by atoms with Crippen LogP contribution in [0.1, 0.15) is 31.2 Å². The molecule has 20 heavy (non-hydrogen) atoms.